The maximum atomic E-state index is 12.9. The van der Waals surface area contributed by atoms with Crippen LogP contribution in [-0.4, -0.2) is 35.7 Å². The first-order valence-electron chi connectivity index (χ1n) is 11.5. The zero-order chi connectivity index (χ0) is 25.1. The summed E-state index contributed by atoms with van der Waals surface area (Å²) in [6, 6.07) is 10.2. The number of carbonyl (C=O) groups is 1. The zero-order valence-corrected chi connectivity index (χ0v) is 20.9. The summed E-state index contributed by atoms with van der Waals surface area (Å²) in [6.45, 7) is 7.42. The van der Waals surface area contributed by atoms with Crippen LogP contribution in [0.4, 0.5) is 8.78 Å². The lowest BCUT2D eigenvalue weighted by Crippen LogP contribution is -2.53. The lowest BCUT2D eigenvalue weighted by atomic mass is 9.65. The minimum absolute atomic E-state index is 0.0209. The number of hydrogen-bond acceptors (Lipinski definition) is 5. The number of rotatable bonds is 8. The molecule has 3 rings (SSSR count). The van der Waals surface area contributed by atoms with Crippen molar-refractivity contribution in [2.75, 3.05) is 13.1 Å². The molecule has 0 radical (unpaired) electrons. The van der Waals surface area contributed by atoms with Crippen molar-refractivity contribution in [3.05, 3.63) is 40.8 Å². The molecule has 2 atom stereocenters. The number of carboxylic acid groups (broad SMARTS) is 1. The molecule has 1 aliphatic rings. The number of alkyl halides is 2. The number of hydrogen-bond donors (Lipinski definition) is 1. The molecule has 0 unspecified atom stereocenters. The topological polar surface area (TPSA) is 73.6 Å². The van der Waals surface area contributed by atoms with Crippen LogP contribution in [0.5, 0.6) is 5.75 Å². The summed E-state index contributed by atoms with van der Waals surface area (Å²) in [4.78, 5) is 16.3. The molecule has 1 N–H and O–H groups in total. The van der Waals surface area contributed by atoms with Crippen LogP contribution in [0.1, 0.15) is 57.4 Å². The van der Waals surface area contributed by atoms with E-state index in [0.29, 0.717) is 37.1 Å². The van der Waals surface area contributed by atoms with E-state index in [1.54, 1.807) is 6.07 Å². The van der Waals surface area contributed by atoms with Gasteiger partial charge in [-0.25, -0.2) is 0 Å². The summed E-state index contributed by atoms with van der Waals surface area (Å²) in [6.07, 6.45) is 2.11. The number of piperidine rings is 1. The zero-order valence-electron chi connectivity index (χ0n) is 20.1. The Hall–Kier alpha value is -2.50. The first-order valence-corrected chi connectivity index (χ1v) is 12.3. The van der Waals surface area contributed by atoms with Crippen LogP contribution in [0, 0.1) is 28.1 Å². The Kier molecular flexibility index (Phi) is 7.99. The monoisotopic (exact) mass is 490 g/mol. The molecule has 2 heterocycles. The molecule has 184 valence electrons. The predicted octanol–water partition coefficient (Wildman–Crippen LogP) is 6.63. The fourth-order valence-corrected chi connectivity index (χ4v) is 5.92. The minimum Gasteiger partial charge on any atom is -0.481 e. The van der Waals surface area contributed by atoms with Crippen molar-refractivity contribution >= 4 is 17.3 Å². The van der Waals surface area contributed by atoms with Gasteiger partial charge in [0.1, 0.15) is 5.75 Å². The number of ether oxygens (including phenoxy) is 1. The standard InChI is InChI=1S/C26H32F2N2O3S/c1-5-10-26(23(31)32)12-18(25(2,3)4)14-30(16-26)15-19-7-9-22(34-19)20-11-17(13-29)6-8-21(20)33-24(27)28/h6-9,11,18,24H,5,10,12,14-16H2,1-4H3,(H,31,32)/t18-,26-/m1/s1. The third kappa shape index (κ3) is 5.94. The lowest BCUT2D eigenvalue weighted by Gasteiger charge is -2.48. The third-order valence-electron chi connectivity index (χ3n) is 6.68. The Balaban J connectivity index is 1.89. The maximum Gasteiger partial charge on any atom is 0.387 e. The summed E-state index contributed by atoms with van der Waals surface area (Å²) >= 11 is 1.45. The molecular weight excluding hydrogens is 458 g/mol. The smallest absolute Gasteiger partial charge is 0.387 e. The van der Waals surface area contributed by atoms with Crippen LogP contribution >= 0.6 is 11.3 Å². The number of halogens is 2. The predicted molar refractivity (Wildman–Crippen MR) is 129 cm³/mol. The van der Waals surface area contributed by atoms with Crippen molar-refractivity contribution in [1.82, 2.24) is 4.90 Å². The molecule has 2 aromatic rings. The fraction of sp³-hybridized carbons (Fsp3) is 0.538. The number of thiophene rings is 1. The molecule has 1 aromatic carbocycles. The van der Waals surface area contributed by atoms with E-state index in [-0.39, 0.29) is 17.1 Å². The second-order valence-corrected chi connectivity index (χ2v) is 11.4. The van der Waals surface area contributed by atoms with Gasteiger partial charge in [-0.1, -0.05) is 34.1 Å². The first kappa shape index (κ1) is 26.1. The molecular formula is C26H32F2N2O3S. The Labute approximate surface area is 204 Å². The van der Waals surface area contributed by atoms with Gasteiger partial charge in [0.2, 0.25) is 0 Å². The molecule has 0 saturated carbocycles. The van der Waals surface area contributed by atoms with Gasteiger partial charge in [-0.15, -0.1) is 11.3 Å². The molecule has 5 nitrogen and oxygen atoms in total. The second-order valence-electron chi connectivity index (χ2n) is 10.2. The van der Waals surface area contributed by atoms with Gasteiger partial charge in [-0.2, -0.15) is 14.0 Å². The van der Waals surface area contributed by atoms with Crippen molar-refractivity contribution < 1.29 is 23.4 Å². The van der Waals surface area contributed by atoms with Gasteiger partial charge in [-0.3, -0.25) is 9.69 Å². The molecule has 8 heteroatoms. The van der Waals surface area contributed by atoms with Crippen LogP contribution < -0.4 is 4.74 Å². The van der Waals surface area contributed by atoms with E-state index in [1.165, 1.54) is 23.5 Å². The van der Waals surface area contributed by atoms with Crippen LogP contribution in [0.15, 0.2) is 30.3 Å². The van der Waals surface area contributed by atoms with Gasteiger partial charge in [0.25, 0.3) is 0 Å². The Morgan fingerprint density at radius 1 is 1.35 bits per heavy atom. The number of nitriles is 1. The maximum absolute atomic E-state index is 12.9. The van der Waals surface area contributed by atoms with Crippen LogP contribution in [0.25, 0.3) is 10.4 Å². The van der Waals surface area contributed by atoms with Gasteiger partial charge >= 0.3 is 12.6 Å². The van der Waals surface area contributed by atoms with Crippen LogP contribution in [-0.2, 0) is 11.3 Å². The Morgan fingerprint density at radius 3 is 2.68 bits per heavy atom. The second kappa shape index (κ2) is 10.4. The average Bonchev–Trinajstić information content (AvgIpc) is 3.21. The SMILES string of the molecule is CCC[C@@]1(C(=O)O)C[C@@H](C(C)(C)C)CN(Cc2ccc(-c3cc(C#N)ccc3OC(F)F)s2)C1. The Morgan fingerprint density at radius 2 is 2.09 bits per heavy atom. The number of nitrogens with zero attached hydrogens (tertiary/aromatic N) is 2. The molecule has 0 bridgehead atoms. The summed E-state index contributed by atoms with van der Waals surface area (Å²) in [5.74, 6) is -0.468. The summed E-state index contributed by atoms with van der Waals surface area (Å²) < 4.78 is 30.5. The molecule has 1 aromatic heterocycles. The van der Waals surface area contributed by atoms with Crippen molar-refractivity contribution in [2.45, 2.75) is 60.1 Å². The molecule has 0 spiro atoms. The van der Waals surface area contributed by atoms with Gasteiger partial charge in [0, 0.05) is 35.0 Å². The van der Waals surface area contributed by atoms with E-state index in [1.807, 2.05) is 25.1 Å². The van der Waals surface area contributed by atoms with Gasteiger partial charge in [-0.05, 0) is 54.5 Å². The summed E-state index contributed by atoms with van der Waals surface area (Å²) in [7, 11) is 0. The van der Waals surface area contributed by atoms with Crippen molar-refractivity contribution in [2.24, 2.45) is 16.7 Å². The normalized spacial score (nSPS) is 21.4. The largest absolute Gasteiger partial charge is 0.481 e. The minimum atomic E-state index is -2.96. The van der Waals surface area contributed by atoms with Crippen molar-refractivity contribution in [3.8, 4) is 22.3 Å². The van der Waals surface area contributed by atoms with E-state index >= 15 is 0 Å². The fourth-order valence-electron chi connectivity index (χ4n) is 4.85. The van der Waals surface area contributed by atoms with E-state index in [0.717, 1.165) is 22.7 Å². The van der Waals surface area contributed by atoms with E-state index in [4.69, 9.17) is 0 Å². The number of aliphatic carboxylic acids is 1. The molecule has 0 aliphatic carbocycles. The number of likely N-dealkylation sites (tertiary alicyclic amines) is 1. The molecule has 1 fully saturated rings. The molecule has 34 heavy (non-hydrogen) atoms. The van der Waals surface area contributed by atoms with Crippen LogP contribution in [0.3, 0.4) is 0 Å². The highest BCUT2D eigenvalue weighted by Gasteiger charge is 2.47. The Bertz CT molecular complexity index is 1060. The third-order valence-corrected chi connectivity index (χ3v) is 7.78. The van der Waals surface area contributed by atoms with Gasteiger partial charge in [0.05, 0.1) is 17.0 Å². The molecule has 1 aliphatic heterocycles. The summed E-state index contributed by atoms with van der Waals surface area (Å²) in [5, 5.41) is 19.4. The highest BCUT2D eigenvalue weighted by Crippen LogP contribution is 2.45. The lowest BCUT2D eigenvalue weighted by molar-refractivity contribution is -0.156. The molecule has 0 amide bonds. The summed E-state index contributed by atoms with van der Waals surface area (Å²) in [5.41, 5.74) is 0.0197. The van der Waals surface area contributed by atoms with Crippen molar-refractivity contribution in [3.63, 3.8) is 0 Å². The average molecular weight is 491 g/mol. The number of benzene rings is 1. The van der Waals surface area contributed by atoms with Gasteiger partial charge < -0.3 is 9.84 Å². The van der Waals surface area contributed by atoms with Crippen LogP contribution in [0.2, 0.25) is 0 Å². The van der Waals surface area contributed by atoms with E-state index in [2.05, 4.69) is 30.4 Å². The van der Waals surface area contributed by atoms with E-state index in [9.17, 15) is 23.9 Å². The highest BCUT2D eigenvalue weighted by atomic mass is 32.1. The quantitative estimate of drug-likeness (QED) is 0.450. The van der Waals surface area contributed by atoms with Gasteiger partial charge in [0.15, 0.2) is 0 Å². The van der Waals surface area contributed by atoms with Crippen molar-refractivity contribution in [1.29, 1.82) is 5.26 Å². The highest BCUT2D eigenvalue weighted by molar-refractivity contribution is 7.15. The van der Waals surface area contributed by atoms with E-state index < -0.39 is 18.0 Å². The molecule has 1 saturated heterocycles. The number of carboxylic acids is 1. The first-order chi connectivity index (χ1) is 16.0.